The van der Waals surface area contributed by atoms with E-state index in [0.29, 0.717) is 0 Å². The number of rotatable bonds is 2. The Morgan fingerprint density at radius 3 is 1.59 bits per heavy atom. The monoisotopic (exact) mass is 232 g/mol. The molecule has 1 N–H and O–H groups in total. The molecule has 2 nitrogen and oxygen atoms in total. The van der Waals surface area contributed by atoms with E-state index in [2.05, 4.69) is 6.92 Å². The van der Waals surface area contributed by atoms with E-state index in [1.165, 1.54) is 29.7 Å². The van der Waals surface area contributed by atoms with Crippen LogP contribution in [0.5, 0.6) is 0 Å². The molecule has 0 saturated carbocycles. The van der Waals surface area contributed by atoms with Crippen molar-refractivity contribution in [3.63, 3.8) is 0 Å². The molecule has 1 aromatic carbocycles. The highest BCUT2D eigenvalue weighted by Gasteiger charge is 2.15. The molecular formula is C15H20O2. The summed E-state index contributed by atoms with van der Waals surface area (Å²) >= 11 is 0. The number of carbonyl (C=O) groups is 1. The molecule has 0 aliphatic carbocycles. The molecule has 0 aromatic heterocycles. The van der Waals surface area contributed by atoms with Crippen LogP contribution >= 0.6 is 0 Å². The van der Waals surface area contributed by atoms with Gasteiger partial charge in [0.05, 0.1) is 0 Å². The summed E-state index contributed by atoms with van der Waals surface area (Å²) in [5.41, 5.74) is 6.47. The van der Waals surface area contributed by atoms with E-state index in [1.54, 1.807) is 0 Å². The lowest BCUT2D eigenvalue weighted by molar-refractivity contribution is -0.112. The molecule has 0 aliphatic heterocycles. The van der Waals surface area contributed by atoms with Crippen LogP contribution in [0.25, 0.3) is 5.76 Å². The van der Waals surface area contributed by atoms with Gasteiger partial charge in [-0.05, 0) is 69.4 Å². The zero-order valence-electron chi connectivity index (χ0n) is 11.4. The summed E-state index contributed by atoms with van der Waals surface area (Å²) in [5, 5.41) is 10.0. The minimum absolute atomic E-state index is 0.0682. The van der Waals surface area contributed by atoms with Gasteiger partial charge in [0.1, 0.15) is 5.76 Å². The Kier molecular flexibility index (Phi) is 3.76. The first-order chi connectivity index (χ1) is 7.77. The van der Waals surface area contributed by atoms with Crippen LogP contribution in [0.3, 0.4) is 0 Å². The number of carbonyl (C=O) groups excluding carboxylic acids is 1. The minimum Gasteiger partial charge on any atom is -0.507 e. The van der Waals surface area contributed by atoms with Crippen LogP contribution in [0.15, 0.2) is 6.08 Å². The summed E-state index contributed by atoms with van der Waals surface area (Å²) in [5.74, 6) is -0.0733. The number of hydrogen-bond acceptors (Lipinski definition) is 2. The summed E-state index contributed by atoms with van der Waals surface area (Å²) in [7, 11) is 0. The van der Waals surface area contributed by atoms with E-state index in [0.717, 1.165) is 16.7 Å². The van der Waals surface area contributed by atoms with Gasteiger partial charge in [-0.3, -0.25) is 4.79 Å². The van der Waals surface area contributed by atoms with E-state index in [1.807, 2.05) is 27.7 Å². The van der Waals surface area contributed by atoms with Crippen molar-refractivity contribution in [3.05, 3.63) is 39.5 Å². The molecule has 0 atom stereocenters. The molecule has 0 radical (unpaired) electrons. The van der Waals surface area contributed by atoms with Crippen molar-refractivity contribution in [1.29, 1.82) is 0 Å². The third kappa shape index (κ3) is 2.41. The van der Waals surface area contributed by atoms with Crippen LogP contribution < -0.4 is 0 Å². The average molecular weight is 232 g/mol. The molecule has 17 heavy (non-hydrogen) atoms. The first kappa shape index (κ1) is 13.5. The zero-order chi connectivity index (χ0) is 13.3. The van der Waals surface area contributed by atoms with Gasteiger partial charge in [0.2, 0.25) is 0 Å². The lowest BCUT2D eigenvalue weighted by Gasteiger charge is -2.18. The van der Waals surface area contributed by atoms with Gasteiger partial charge in [0.15, 0.2) is 5.78 Å². The number of ketones is 1. The Bertz CT molecular complexity index is 479. The summed E-state index contributed by atoms with van der Waals surface area (Å²) in [6, 6.07) is 0. The number of aliphatic hydroxyl groups is 1. The molecule has 0 amide bonds. The van der Waals surface area contributed by atoms with Crippen LogP contribution in [0.4, 0.5) is 0 Å². The number of benzene rings is 1. The Labute approximate surface area is 103 Å². The maximum atomic E-state index is 11.1. The molecule has 0 bridgehead atoms. The summed E-state index contributed by atoms with van der Waals surface area (Å²) in [6.45, 7) is 11.6. The fourth-order valence-corrected chi connectivity index (χ4v) is 2.15. The zero-order valence-corrected chi connectivity index (χ0v) is 11.4. The summed E-state index contributed by atoms with van der Waals surface area (Å²) in [4.78, 5) is 11.1. The quantitative estimate of drug-likeness (QED) is 0.623. The molecule has 0 unspecified atom stereocenters. The van der Waals surface area contributed by atoms with Crippen molar-refractivity contribution in [2.45, 2.75) is 41.5 Å². The minimum atomic E-state index is -0.141. The summed E-state index contributed by atoms with van der Waals surface area (Å²) in [6.07, 6.45) is 1.28. The van der Waals surface area contributed by atoms with Crippen LogP contribution in [0.2, 0.25) is 0 Å². The topological polar surface area (TPSA) is 37.3 Å². The van der Waals surface area contributed by atoms with Crippen LogP contribution in [-0.4, -0.2) is 10.9 Å². The second kappa shape index (κ2) is 4.74. The predicted molar refractivity (Wildman–Crippen MR) is 71.4 cm³/mol. The van der Waals surface area contributed by atoms with Crippen LogP contribution in [0, 0.1) is 34.6 Å². The highest BCUT2D eigenvalue weighted by molar-refractivity contribution is 5.94. The van der Waals surface area contributed by atoms with Crippen LogP contribution in [0.1, 0.15) is 40.3 Å². The third-order valence-corrected chi connectivity index (χ3v) is 3.60. The van der Waals surface area contributed by atoms with Crippen LogP contribution in [-0.2, 0) is 4.79 Å². The van der Waals surface area contributed by atoms with E-state index in [-0.39, 0.29) is 11.5 Å². The van der Waals surface area contributed by atoms with E-state index < -0.39 is 0 Å². The fraction of sp³-hybridized carbons (Fsp3) is 0.400. The smallest absolute Gasteiger partial charge is 0.156 e. The number of hydrogen-bond donors (Lipinski definition) is 1. The second-order valence-electron chi connectivity index (χ2n) is 4.64. The van der Waals surface area contributed by atoms with Gasteiger partial charge in [-0.15, -0.1) is 0 Å². The van der Waals surface area contributed by atoms with E-state index in [4.69, 9.17) is 0 Å². The maximum absolute atomic E-state index is 11.1. The molecule has 0 saturated heterocycles. The predicted octanol–water partition coefficient (Wildman–Crippen LogP) is 3.72. The highest BCUT2D eigenvalue weighted by atomic mass is 16.3. The maximum Gasteiger partial charge on any atom is 0.156 e. The van der Waals surface area contributed by atoms with E-state index in [9.17, 15) is 9.90 Å². The van der Waals surface area contributed by atoms with Gasteiger partial charge in [0.25, 0.3) is 0 Å². The van der Waals surface area contributed by atoms with Crippen molar-refractivity contribution in [2.75, 3.05) is 0 Å². The lowest BCUT2D eigenvalue weighted by Crippen LogP contribution is -2.03. The Hall–Kier alpha value is -1.57. The molecule has 0 spiro atoms. The highest BCUT2D eigenvalue weighted by Crippen LogP contribution is 2.29. The molecule has 1 rings (SSSR count). The second-order valence-corrected chi connectivity index (χ2v) is 4.64. The Morgan fingerprint density at radius 2 is 1.24 bits per heavy atom. The summed E-state index contributed by atoms with van der Waals surface area (Å²) < 4.78 is 0. The Balaban J connectivity index is 3.61. The van der Waals surface area contributed by atoms with Gasteiger partial charge in [-0.25, -0.2) is 0 Å². The molecular weight excluding hydrogens is 212 g/mol. The van der Waals surface area contributed by atoms with E-state index >= 15 is 0 Å². The largest absolute Gasteiger partial charge is 0.507 e. The molecule has 0 fully saturated rings. The van der Waals surface area contributed by atoms with Gasteiger partial charge in [0, 0.05) is 11.6 Å². The average Bonchev–Trinajstić information content (AvgIpc) is 2.23. The number of allylic oxidation sites excluding steroid dienone is 1. The molecule has 2 heteroatoms. The van der Waals surface area contributed by atoms with Gasteiger partial charge >= 0.3 is 0 Å². The third-order valence-electron chi connectivity index (χ3n) is 3.60. The van der Waals surface area contributed by atoms with Crippen molar-refractivity contribution in [3.8, 4) is 0 Å². The number of aliphatic hydroxyl groups excluding tert-OH is 1. The SMILES string of the molecule is CC(=O)/C=C(\O)c1c(C)c(C)c(C)c(C)c1C. The normalized spacial score (nSPS) is 11.8. The van der Waals surface area contributed by atoms with Gasteiger partial charge in [-0.2, -0.15) is 0 Å². The first-order valence-corrected chi connectivity index (χ1v) is 5.76. The standard InChI is InChI=1S/C15H20O2/c1-8(16)7-14(17)15-12(5)10(3)9(2)11(4)13(15)6/h7,17H,1-6H3/b14-7-. The molecule has 0 heterocycles. The van der Waals surface area contributed by atoms with Crippen molar-refractivity contribution in [2.24, 2.45) is 0 Å². The Morgan fingerprint density at radius 1 is 0.882 bits per heavy atom. The molecule has 0 aliphatic rings. The lowest BCUT2D eigenvalue weighted by atomic mass is 9.88. The molecule has 92 valence electrons. The van der Waals surface area contributed by atoms with Gasteiger partial charge in [-0.1, -0.05) is 0 Å². The first-order valence-electron chi connectivity index (χ1n) is 5.76. The fourth-order valence-electron chi connectivity index (χ4n) is 2.15. The molecule has 1 aromatic rings. The van der Waals surface area contributed by atoms with Crippen molar-refractivity contribution < 1.29 is 9.90 Å². The van der Waals surface area contributed by atoms with Gasteiger partial charge < -0.3 is 5.11 Å². The van der Waals surface area contributed by atoms with Crippen molar-refractivity contribution >= 4 is 11.5 Å². The van der Waals surface area contributed by atoms with Crippen molar-refractivity contribution in [1.82, 2.24) is 0 Å².